The van der Waals surface area contributed by atoms with E-state index in [9.17, 15) is 4.79 Å². The van der Waals surface area contributed by atoms with Gasteiger partial charge in [-0.15, -0.1) is 0 Å². The Bertz CT molecular complexity index is 819. The van der Waals surface area contributed by atoms with Gasteiger partial charge in [-0.2, -0.15) is 0 Å². The summed E-state index contributed by atoms with van der Waals surface area (Å²) >= 11 is 0. The Balaban J connectivity index is 1.44. The minimum absolute atomic E-state index is 0.292. The van der Waals surface area contributed by atoms with Gasteiger partial charge in [0.2, 0.25) is 5.89 Å². The molecular formula is C24H33NO5. The zero-order valence-electron chi connectivity index (χ0n) is 18.5. The minimum atomic E-state index is -1.23. The topological polar surface area (TPSA) is 70.8 Å². The molecule has 0 atom stereocenters. The summed E-state index contributed by atoms with van der Waals surface area (Å²) in [7, 11) is 0. The standard InChI is InChI=1S/C24H33NO5/c1-5-24(23(26)27-6-2)28-15-19(16-29-24)9-7-8-10-21-18(4)30-22(25-21)20-13-11-17(3)12-14-20/h11-14,19H,5-10,15-16H2,1-4H3/t19-,24+. The van der Waals surface area contributed by atoms with E-state index in [4.69, 9.17) is 23.6 Å². The molecule has 0 spiro atoms. The summed E-state index contributed by atoms with van der Waals surface area (Å²) < 4.78 is 22.6. The van der Waals surface area contributed by atoms with Gasteiger partial charge in [0.15, 0.2) is 0 Å². The first kappa shape index (κ1) is 22.5. The molecule has 1 aliphatic rings. The molecule has 0 saturated carbocycles. The predicted octanol–water partition coefficient (Wildman–Crippen LogP) is 5.00. The fourth-order valence-corrected chi connectivity index (χ4v) is 3.67. The van der Waals surface area contributed by atoms with Crippen molar-refractivity contribution < 1.29 is 23.4 Å². The van der Waals surface area contributed by atoms with Crippen molar-refractivity contribution in [3.63, 3.8) is 0 Å². The van der Waals surface area contributed by atoms with Crippen LogP contribution in [-0.4, -0.2) is 36.6 Å². The summed E-state index contributed by atoms with van der Waals surface area (Å²) in [5, 5.41) is 0. The van der Waals surface area contributed by atoms with Crippen molar-refractivity contribution in [2.24, 2.45) is 5.92 Å². The zero-order valence-corrected chi connectivity index (χ0v) is 18.5. The van der Waals surface area contributed by atoms with Crippen LogP contribution in [0.25, 0.3) is 11.5 Å². The lowest BCUT2D eigenvalue weighted by Gasteiger charge is -2.37. The lowest BCUT2D eigenvalue weighted by molar-refractivity contribution is -0.283. The second-order valence-corrected chi connectivity index (χ2v) is 7.95. The maximum Gasteiger partial charge on any atom is 0.366 e. The highest BCUT2D eigenvalue weighted by Crippen LogP contribution is 2.29. The number of carbonyl (C=O) groups is 1. The van der Waals surface area contributed by atoms with Gasteiger partial charge >= 0.3 is 5.97 Å². The van der Waals surface area contributed by atoms with Crippen molar-refractivity contribution in [3.8, 4) is 11.5 Å². The molecule has 0 amide bonds. The number of esters is 1. The highest BCUT2D eigenvalue weighted by molar-refractivity contribution is 5.77. The van der Waals surface area contributed by atoms with E-state index in [1.807, 2.05) is 26.0 Å². The molecular weight excluding hydrogens is 382 g/mol. The number of benzene rings is 1. The van der Waals surface area contributed by atoms with Gasteiger partial charge in [-0.05, 0) is 52.2 Å². The summed E-state index contributed by atoms with van der Waals surface area (Å²) in [6.45, 7) is 9.07. The van der Waals surface area contributed by atoms with Crippen LogP contribution in [0.15, 0.2) is 28.7 Å². The van der Waals surface area contributed by atoms with Crippen LogP contribution >= 0.6 is 0 Å². The maximum atomic E-state index is 12.1. The van der Waals surface area contributed by atoms with E-state index in [0.29, 0.717) is 38.1 Å². The van der Waals surface area contributed by atoms with Crippen molar-refractivity contribution in [3.05, 3.63) is 41.3 Å². The van der Waals surface area contributed by atoms with Crippen LogP contribution in [0.1, 0.15) is 56.5 Å². The number of aryl methyl sites for hydroxylation is 3. The van der Waals surface area contributed by atoms with Crippen LogP contribution < -0.4 is 0 Å². The first-order valence-corrected chi connectivity index (χ1v) is 11.0. The third-order valence-electron chi connectivity index (χ3n) is 5.62. The Hall–Kier alpha value is -2.18. The SMILES string of the molecule is CCOC(=O)[C@]1(CC)OC[C@H](CCCCc2nc(-c3ccc(C)cc3)oc2C)CO1. The summed E-state index contributed by atoms with van der Waals surface area (Å²) in [5.74, 6) is 0.220. The Morgan fingerprint density at radius 1 is 1.13 bits per heavy atom. The Kier molecular flexibility index (Phi) is 7.67. The number of oxazole rings is 1. The van der Waals surface area contributed by atoms with Gasteiger partial charge in [-0.1, -0.05) is 31.0 Å². The third-order valence-corrected chi connectivity index (χ3v) is 5.62. The number of nitrogens with zero attached hydrogens (tertiary/aromatic N) is 1. The van der Waals surface area contributed by atoms with Crippen molar-refractivity contribution >= 4 is 5.97 Å². The first-order chi connectivity index (χ1) is 14.5. The summed E-state index contributed by atoms with van der Waals surface area (Å²) in [5.41, 5.74) is 3.25. The van der Waals surface area contributed by atoms with E-state index in [1.54, 1.807) is 6.92 Å². The highest BCUT2D eigenvalue weighted by atomic mass is 16.7. The van der Waals surface area contributed by atoms with Crippen LogP contribution in [0.3, 0.4) is 0 Å². The lowest BCUT2D eigenvalue weighted by Crippen LogP contribution is -2.50. The van der Waals surface area contributed by atoms with Crippen LogP contribution in [-0.2, 0) is 25.4 Å². The molecule has 2 heterocycles. The molecule has 30 heavy (non-hydrogen) atoms. The molecule has 1 saturated heterocycles. The quantitative estimate of drug-likeness (QED) is 0.424. The molecule has 6 nitrogen and oxygen atoms in total. The van der Waals surface area contributed by atoms with Crippen LogP contribution in [0.4, 0.5) is 0 Å². The Morgan fingerprint density at radius 2 is 1.83 bits per heavy atom. The molecule has 0 radical (unpaired) electrons. The number of unbranched alkanes of at least 4 members (excludes halogenated alkanes) is 1. The van der Waals surface area contributed by atoms with Gasteiger partial charge in [-0.25, -0.2) is 9.78 Å². The molecule has 2 aromatic rings. The molecule has 0 N–H and O–H groups in total. The maximum absolute atomic E-state index is 12.1. The monoisotopic (exact) mass is 415 g/mol. The molecule has 1 aromatic carbocycles. The molecule has 0 aliphatic carbocycles. The van der Waals surface area contributed by atoms with E-state index >= 15 is 0 Å². The molecule has 0 bridgehead atoms. The third kappa shape index (κ3) is 5.29. The van der Waals surface area contributed by atoms with Gasteiger partial charge in [0, 0.05) is 17.9 Å². The number of rotatable bonds is 9. The molecule has 1 aromatic heterocycles. The zero-order chi connectivity index (χ0) is 21.6. The van der Waals surface area contributed by atoms with E-state index < -0.39 is 11.8 Å². The van der Waals surface area contributed by atoms with Gasteiger partial charge < -0.3 is 18.6 Å². The lowest BCUT2D eigenvalue weighted by atomic mass is 10.0. The average molecular weight is 416 g/mol. The number of ether oxygens (including phenoxy) is 3. The van der Waals surface area contributed by atoms with E-state index in [0.717, 1.165) is 42.7 Å². The summed E-state index contributed by atoms with van der Waals surface area (Å²) in [6.07, 6.45) is 4.39. The Morgan fingerprint density at radius 3 is 2.47 bits per heavy atom. The van der Waals surface area contributed by atoms with E-state index in [1.165, 1.54) is 5.56 Å². The molecule has 1 fully saturated rings. The van der Waals surface area contributed by atoms with E-state index in [2.05, 4.69) is 19.1 Å². The normalized spacial score (nSPS) is 21.5. The average Bonchev–Trinajstić information content (AvgIpc) is 3.13. The van der Waals surface area contributed by atoms with Gasteiger partial charge in [0.05, 0.1) is 25.5 Å². The van der Waals surface area contributed by atoms with Crippen molar-refractivity contribution in [2.75, 3.05) is 19.8 Å². The van der Waals surface area contributed by atoms with E-state index in [-0.39, 0.29) is 0 Å². The van der Waals surface area contributed by atoms with Crippen LogP contribution in [0, 0.1) is 19.8 Å². The van der Waals surface area contributed by atoms with Gasteiger partial charge in [0.1, 0.15) is 5.76 Å². The minimum Gasteiger partial charge on any atom is -0.462 e. The second-order valence-electron chi connectivity index (χ2n) is 7.95. The van der Waals surface area contributed by atoms with Gasteiger partial charge in [0.25, 0.3) is 5.79 Å². The molecule has 1 aliphatic heterocycles. The molecule has 6 heteroatoms. The van der Waals surface area contributed by atoms with Crippen molar-refractivity contribution in [2.45, 2.75) is 65.6 Å². The number of hydrogen-bond donors (Lipinski definition) is 0. The van der Waals surface area contributed by atoms with Crippen molar-refractivity contribution in [1.29, 1.82) is 0 Å². The van der Waals surface area contributed by atoms with Gasteiger partial charge in [-0.3, -0.25) is 0 Å². The number of hydrogen-bond acceptors (Lipinski definition) is 6. The number of carbonyl (C=O) groups excluding carboxylic acids is 1. The second kappa shape index (κ2) is 10.2. The van der Waals surface area contributed by atoms with Crippen molar-refractivity contribution in [1.82, 2.24) is 4.98 Å². The summed E-state index contributed by atoms with van der Waals surface area (Å²) in [4.78, 5) is 16.8. The molecule has 164 valence electrons. The van der Waals surface area contributed by atoms with Crippen LogP contribution in [0.5, 0.6) is 0 Å². The first-order valence-electron chi connectivity index (χ1n) is 11.0. The number of aromatic nitrogens is 1. The largest absolute Gasteiger partial charge is 0.462 e. The molecule has 3 rings (SSSR count). The van der Waals surface area contributed by atoms with Crippen LogP contribution in [0.2, 0.25) is 0 Å². The highest BCUT2D eigenvalue weighted by Gasteiger charge is 2.44. The molecule has 0 unspecified atom stereocenters. The smallest absolute Gasteiger partial charge is 0.366 e. The fraction of sp³-hybridized carbons (Fsp3) is 0.583. The fourth-order valence-electron chi connectivity index (χ4n) is 3.67. The Labute approximate surface area is 178 Å². The predicted molar refractivity (Wildman–Crippen MR) is 114 cm³/mol. The summed E-state index contributed by atoms with van der Waals surface area (Å²) in [6, 6.07) is 8.22.